The minimum absolute atomic E-state index is 0.0643. The number of nitrogens with one attached hydrogen (secondary N) is 3. The second-order valence-electron chi connectivity index (χ2n) is 6.27. The van der Waals surface area contributed by atoms with E-state index in [-0.39, 0.29) is 24.3 Å². The van der Waals surface area contributed by atoms with E-state index in [1.165, 1.54) is 0 Å². The molecule has 1 saturated heterocycles. The van der Waals surface area contributed by atoms with Crippen molar-refractivity contribution >= 4 is 17.9 Å². The molecule has 0 aromatic carbocycles. The Kier molecular flexibility index (Phi) is 5.99. The van der Waals surface area contributed by atoms with Crippen molar-refractivity contribution < 1.29 is 19.1 Å². The summed E-state index contributed by atoms with van der Waals surface area (Å²) in [6.07, 6.45) is 1.20. The van der Waals surface area contributed by atoms with Crippen molar-refractivity contribution in [2.75, 3.05) is 6.54 Å². The molecule has 0 aliphatic carbocycles. The molecule has 0 radical (unpaired) electrons. The second-order valence-corrected chi connectivity index (χ2v) is 6.27. The van der Waals surface area contributed by atoms with Crippen molar-refractivity contribution in [1.82, 2.24) is 16.0 Å². The number of carbonyl (C=O) groups is 3. The molecule has 0 aromatic heterocycles. The quantitative estimate of drug-likeness (QED) is 0.714. The van der Waals surface area contributed by atoms with E-state index in [2.05, 4.69) is 16.0 Å². The van der Waals surface area contributed by atoms with Crippen molar-refractivity contribution in [1.29, 1.82) is 0 Å². The first-order chi connectivity index (χ1) is 9.67. The summed E-state index contributed by atoms with van der Waals surface area (Å²) in [7, 11) is 0. The molecule has 21 heavy (non-hydrogen) atoms. The number of alkyl carbamates (subject to hydrolysis) is 1. The van der Waals surface area contributed by atoms with Crippen LogP contribution in [0.2, 0.25) is 0 Å². The second kappa shape index (κ2) is 7.28. The number of hydrogen-bond acceptors (Lipinski definition) is 4. The first-order valence-corrected chi connectivity index (χ1v) is 7.24. The average Bonchev–Trinajstić information content (AvgIpc) is 2.50. The van der Waals surface area contributed by atoms with E-state index in [0.717, 1.165) is 12.8 Å². The third kappa shape index (κ3) is 6.97. The lowest BCUT2D eigenvalue weighted by atomic mass is 10.1. The summed E-state index contributed by atoms with van der Waals surface area (Å²) in [6.45, 7) is 7.47. The molecule has 120 valence electrons. The summed E-state index contributed by atoms with van der Waals surface area (Å²) in [5, 5.41) is 8.02. The molecule has 0 spiro atoms. The topological polar surface area (TPSA) is 96.5 Å². The molecule has 1 unspecified atom stereocenters. The Hall–Kier alpha value is -1.79. The smallest absolute Gasteiger partial charge is 0.408 e. The maximum Gasteiger partial charge on any atom is 0.408 e. The fraction of sp³-hybridized carbons (Fsp3) is 0.786. The van der Waals surface area contributed by atoms with E-state index in [9.17, 15) is 14.4 Å². The fourth-order valence-electron chi connectivity index (χ4n) is 1.97. The van der Waals surface area contributed by atoms with Gasteiger partial charge < -0.3 is 20.7 Å². The highest BCUT2D eigenvalue weighted by Crippen LogP contribution is 2.08. The van der Waals surface area contributed by atoms with Crippen molar-refractivity contribution in [2.45, 2.75) is 64.6 Å². The Morgan fingerprint density at radius 3 is 2.67 bits per heavy atom. The molecule has 0 saturated carbocycles. The Morgan fingerprint density at radius 1 is 1.38 bits per heavy atom. The van der Waals surface area contributed by atoms with Crippen LogP contribution >= 0.6 is 0 Å². The Balaban J connectivity index is 2.43. The van der Waals surface area contributed by atoms with Gasteiger partial charge in [-0.05, 0) is 40.5 Å². The number of ether oxygens (including phenoxy) is 1. The molecular formula is C14H25N3O4. The summed E-state index contributed by atoms with van der Waals surface area (Å²) in [5.74, 6) is -0.383. The van der Waals surface area contributed by atoms with Gasteiger partial charge in [0, 0.05) is 19.0 Å². The number of amides is 3. The number of hydrogen-bond donors (Lipinski definition) is 3. The third-order valence-electron chi connectivity index (χ3n) is 2.96. The van der Waals surface area contributed by atoms with Crippen LogP contribution in [0.25, 0.3) is 0 Å². The summed E-state index contributed by atoms with van der Waals surface area (Å²) >= 11 is 0. The van der Waals surface area contributed by atoms with E-state index < -0.39 is 17.7 Å². The SMILES string of the molecule is C[C@H](NC(=O)OC(C)(C)C)C(=O)NC1CCCNC(=O)C1. The monoisotopic (exact) mass is 299 g/mol. The minimum Gasteiger partial charge on any atom is -0.444 e. The fourth-order valence-corrected chi connectivity index (χ4v) is 1.97. The van der Waals surface area contributed by atoms with Crippen LogP contribution in [0.3, 0.4) is 0 Å². The lowest BCUT2D eigenvalue weighted by Gasteiger charge is -2.23. The molecular weight excluding hydrogens is 274 g/mol. The molecule has 3 N–H and O–H groups in total. The highest BCUT2D eigenvalue weighted by molar-refractivity contribution is 5.86. The van der Waals surface area contributed by atoms with Crippen LogP contribution in [0.1, 0.15) is 47.0 Å². The van der Waals surface area contributed by atoms with E-state index in [1.807, 2.05) is 0 Å². The molecule has 0 aromatic rings. The lowest BCUT2D eigenvalue weighted by molar-refractivity contribution is -0.124. The predicted octanol–water partition coefficient (Wildman–Crippen LogP) is 0.685. The van der Waals surface area contributed by atoms with E-state index in [1.54, 1.807) is 27.7 Å². The van der Waals surface area contributed by atoms with Crippen LogP contribution in [-0.4, -0.2) is 42.1 Å². The molecule has 1 rings (SSSR count). The summed E-state index contributed by atoms with van der Waals surface area (Å²) in [5.41, 5.74) is -0.611. The van der Waals surface area contributed by atoms with Gasteiger partial charge in [-0.2, -0.15) is 0 Å². The van der Waals surface area contributed by atoms with Gasteiger partial charge in [-0.15, -0.1) is 0 Å². The van der Waals surface area contributed by atoms with Gasteiger partial charge in [0.15, 0.2) is 0 Å². The maximum absolute atomic E-state index is 12.0. The third-order valence-corrected chi connectivity index (χ3v) is 2.96. The predicted molar refractivity (Wildman–Crippen MR) is 77.6 cm³/mol. The van der Waals surface area contributed by atoms with E-state index >= 15 is 0 Å². The Morgan fingerprint density at radius 2 is 2.05 bits per heavy atom. The normalized spacial score (nSPS) is 20.8. The van der Waals surface area contributed by atoms with Gasteiger partial charge >= 0.3 is 6.09 Å². The first kappa shape index (κ1) is 17.3. The highest BCUT2D eigenvalue weighted by Gasteiger charge is 2.24. The maximum atomic E-state index is 12.0. The van der Waals surface area contributed by atoms with Crippen molar-refractivity contribution in [3.8, 4) is 0 Å². The van der Waals surface area contributed by atoms with Crippen molar-refractivity contribution in [3.63, 3.8) is 0 Å². The molecule has 2 atom stereocenters. The van der Waals surface area contributed by atoms with Crippen molar-refractivity contribution in [3.05, 3.63) is 0 Å². The zero-order valence-electron chi connectivity index (χ0n) is 13.1. The van der Waals surface area contributed by atoms with Crippen LogP contribution in [-0.2, 0) is 14.3 Å². The summed E-state index contributed by atoms with van der Waals surface area (Å²) in [4.78, 5) is 35.0. The molecule has 1 fully saturated rings. The van der Waals surface area contributed by atoms with Gasteiger partial charge in [-0.25, -0.2) is 4.79 Å². The summed E-state index contributed by atoms with van der Waals surface area (Å²) < 4.78 is 5.09. The van der Waals surface area contributed by atoms with Gasteiger partial charge in [0.2, 0.25) is 11.8 Å². The minimum atomic E-state index is -0.717. The van der Waals surface area contributed by atoms with Gasteiger partial charge in [0.05, 0.1) is 0 Å². The zero-order valence-corrected chi connectivity index (χ0v) is 13.1. The van der Waals surface area contributed by atoms with Crippen LogP contribution in [0, 0.1) is 0 Å². The number of carbonyl (C=O) groups excluding carboxylic acids is 3. The van der Waals surface area contributed by atoms with Gasteiger partial charge in [0.25, 0.3) is 0 Å². The van der Waals surface area contributed by atoms with Gasteiger partial charge in [-0.3, -0.25) is 9.59 Å². The van der Waals surface area contributed by atoms with Crippen LogP contribution < -0.4 is 16.0 Å². The van der Waals surface area contributed by atoms with Gasteiger partial charge in [0.1, 0.15) is 11.6 Å². The van der Waals surface area contributed by atoms with Crippen LogP contribution in [0.5, 0.6) is 0 Å². The largest absolute Gasteiger partial charge is 0.444 e. The Labute approximate surface area is 125 Å². The molecule has 7 heteroatoms. The number of rotatable bonds is 3. The molecule has 1 aliphatic rings. The average molecular weight is 299 g/mol. The zero-order chi connectivity index (χ0) is 16.0. The summed E-state index contributed by atoms with van der Waals surface area (Å²) in [6, 6.07) is -0.908. The van der Waals surface area contributed by atoms with Crippen LogP contribution in [0.4, 0.5) is 4.79 Å². The molecule has 0 bridgehead atoms. The first-order valence-electron chi connectivity index (χ1n) is 7.24. The molecule has 7 nitrogen and oxygen atoms in total. The standard InChI is InChI=1S/C14H25N3O4/c1-9(16-13(20)21-14(2,3)4)12(19)17-10-6-5-7-15-11(18)8-10/h9-10H,5-8H2,1-4H3,(H,15,18)(H,16,20)(H,17,19)/t9-,10?/m0/s1. The van der Waals surface area contributed by atoms with Crippen LogP contribution in [0.15, 0.2) is 0 Å². The molecule has 1 aliphatic heterocycles. The highest BCUT2D eigenvalue weighted by atomic mass is 16.6. The van der Waals surface area contributed by atoms with Crippen molar-refractivity contribution in [2.24, 2.45) is 0 Å². The van der Waals surface area contributed by atoms with E-state index in [4.69, 9.17) is 4.74 Å². The molecule has 3 amide bonds. The lowest BCUT2D eigenvalue weighted by Crippen LogP contribution is -2.49. The Bertz CT molecular complexity index is 404. The van der Waals surface area contributed by atoms with E-state index in [0.29, 0.717) is 6.54 Å². The molecule has 1 heterocycles. The van der Waals surface area contributed by atoms with Gasteiger partial charge in [-0.1, -0.05) is 0 Å².